The second-order valence-electron chi connectivity index (χ2n) is 5.79. The third-order valence-electron chi connectivity index (χ3n) is 4.00. The summed E-state index contributed by atoms with van der Waals surface area (Å²) in [6, 6.07) is 9.02. The summed E-state index contributed by atoms with van der Waals surface area (Å²) >= 11 is 0. The first-order valence-corrected chi connectivity index (χ1v) is 8.23. The molecule has 0 unspecified atom stereocenters. The van der Waals surface area contributed by atoms with E-state index in [2.05, 4.69) is 16.6 Å². The van der Waals surface area contributed by atoms with Crippen molar-refractivity contribution < 1.29 is 28.3 Å². The zero-order chi connectivity index (χ0) is 20.3. The molecular formula is C20H16N2O6. The van der Waals surface area contributed by atoms with Gasteiger partial charge in [0, 0.05) is 12.1 Å². The van der Waals surface area contributed by atoms with Crippen molar-refractivity contribution in [3.63, 3.8) is 0 Å². The molecule has 1 aromatic carbocycles. The van der Waals surface area contributed by atoms with E-state index in [9.17, 15) is 19.2 Å². The molecule has 1 saturated heterocycles. The number of carbonyl (C=O) groups excluding carboxylic acids is 4. The number of amides is 4. The Balaban J connectivity index is 1.86. The quantitative estimate of drug-likeness (QED) is 0.369. The predicted molar refractivity (Wildman–Crippen MR) is 98.9 cm³/mol. The first-order valence-electron chi connectivity index (χ1n) is 8.23. The molecule has 4 amide bonds. The highest BCUT2D eigenvalue weighted by molar-refractivity contribution is 6.30. The maximum Gasteiger partial charge on any atom is 0.337 e. The second kappa shape index (κ2) is 7.75. The average molecular weight is 380 g/mol. The normalized spacial score (nSPS) is 15.5. The summed E-state index contributed by atoms with van der Waals surface area (Å²) in [5.41, 5.74) is 0.875. The van der Waals surface area contributed by atoms with Crippen LogP contribution >= 0.6 is 0 Å². The number of carbonyl (C=O) groups is 4. The minimum atomic E-state index is -0.796. The smallest absolute Gasteiger partial charge is 0.337 e. The number of rotatable bonds is 5. The van der Waals surface area contributed by atoms with Crippen LogP contribution in [0.25, 0.3) is 17.4 Å². The van der Waals surface area contributed by atoms with E-state index in [0.29, 0.717) is 16.9 Å². The lowest BCUT2D eigenvalue weighted by molar-refractivity contribution is -0.129. The van der Waals surface area contributed by atoms with Crippen LogP contribution in [0, 0.1) is 0 Å². The van der Waals surface area contributed by atoms with Gasteiger partial charge in [-0.25, -0.2) is 9.59 Å². The van der Waals surface area contributed by atoms with Gasteiger partial charge in [-0.3, -0.25) is 19.8 Å². The Kier molecular flexibility index (Phi) is 5.21. The van der Waals surface area contributed by atoms with Crippen LogP contribution in [0.3, 0.4) is 0 Å². The van der Waals surface area contributed by atoms with Gasteiger partial charge in [0.15, 0.2) is 0 Å². The van der Waals surface area contributed by atoms with Crippen molar-refractivity contribution in [3.8, 4) is 11.3 Å². The lowest BCUT2D eigenvalue weighted by Crippen LogP contribution is -2.54. The minimum absolute atomic E-state index is 0.0226. The van der Waals surface area contributed by atoms with E-state index in [1.165, 1.54) is 19.3 Å². The Morgan fingerprint density at radius 1 is 1.18 bits per heavy atom. The summed E-state index contributed by atoms with van der Waals surface area (Å²) in [4.78, 5) is 48.5. The highest BCUT2D eigenvalue weighted by atomic mass is 16.5. The number of esters is 1. The fraction of sp³-hybridized carbons (Fsp3) is 0.100. The molecule has 0 saturated carbocycles. The van der Waals surface area contributed by atoms with Crippen molar-refractivity contribution in [2.24, 2.45) is 0 Å². The number of imide groups is 2. The van der Waals surface area contributed by atoms with Crippen LogP contribution in [0.4, 0.5) is 4.79 Å². The number of ether oxygens (including phenoxy) is 1. The highest BCUT2D eigenvalue weighted by Gasteiger charge is 2.35. The van der Waals surface area contributed by atoms with Gasteiger partial charge in [0.25, 0.3) is 11.8 Å². The number of benzene rings is 1. The fourth-order valence-electron chi connectivity index (χ4n) is 2.61. The second-order valence-corrected chi connectivity index (χ2v) is 5.79. The van der Waals surface area contributed by atoms with Crippen molar-refractivity contribution in [1.29, 1.82) is 0 Å². The van der Waals surface area contributed by atoms with E-state index >= 15 is 0 Å². The average Bonchev–Trinajstić information content (AvgIpc) is 3.16. The van der Waals surface area contributed by atoms with Gasteiger partial charge in [-0.05, 0) is 30.3 Å². The number of nitrogens with zero attached hydrogens (tertiary/aromatic N) is 1. The molecule has 0 radical (unpaired) electrons. The SMILES string of the molecule is C=CCN1C(=O)NC(=O)/C(=C/c2ccc(-c3ccc(C(=O)OC)cc3)o2)C1=O. The molecule has 8 nitrogen and oxygen atoms in total. The molecule has 1 aliphatic rings. The number of barbiturate groups is 1. The van der Waals surface area contributed by atoms with Crippen LogP contribution in [0.2, 0.25) is 0 Å². The van der Waals surface area contributed by atoms with Gasteiger partial charge in [0.05, 0.1) is 12.7 Å². The molecule has 1 N–H and O–H groups in total. The first kappa shape index (κ1) is 18.8. The summed E-state index contributed by atoms with van der Waals surface area (Å²) in [5.74, 6) is -1.23. The molecule has 1 aromatic heterocycles. The van der Waals surface area contributed by atoms with Crippen molar-refractivity contribution in [3.05, 3.63) is 65.9 Å². The van der Waals surface area contributed by atoms with Crippen LogP contribution in [0.1, 0.15) is 16.1 Å². The number of furan rings is 1. The predicted octanol–water partition coefficient (Wildman–Crippen LogP) is 2.38. The van der Waals surface area contributed by atoms with E-state index in [-0.39, 0.29) is 17.9 Å². The Morgan fingerprint density at radius 3 is 2.54 bits per heavy atom. The molecule has 3 rings (SSSR count). The minimum Gasteiger partial charge on any atom is -0.465 e. The topological polar surface area (TPSA) is 106 Å². The Morgan fingerprint density at radius 2 is 1.89 bits per heavy atom. The fourth-order valence-corrected chi connectivity index (χ4v) is 2.61. The largest absolute Gasteiger partial charge is 0.465 e. The Hall–Kier alpha value is -3.94. The molecule has 0 spiro atoms. The molecule has 1 fully saturated rings. The summed E-state index contributed by atoms with van der Waals surface area (Å²) in [5, 5.41) is 2.10. The molecule has 0 atom stereocenters. The lowest BCUT2D eigenvalue weighted by Gasteiger charge is -2.24. The van der Waals surface area contributed by atoms with E-state index in [1.807, 2.05) is 0 Å². The molecule has 0 bridgehead atoms. The van der Waals surface area contributed by atoms with Crippen LogP contribution < -0.4 is 5.32 Å². The van der Waals surface area contributed by atoms with Crippen LogP contribution in [-0.4, -0.2) is 42.4 Å². The summed E-state index contributed by atoms with van der Waals surface area (Å²) in [6.45, 7) is 3.46. The number of nitrogens with one attached hydrogen (secondary N) is 1. The standard InChI is InChI=1S/C20H16N2O6/c1-3-10-22-18(24)15(17(23)21-20(22)26)11-14-8-9-16(28-14)12-4-6-13(7-5-12)19(25)27-2/h3-9,11H,1,10H2,2H3,(H,21,23,26)/b15-11-. The number of hydrogen-bond donors (Lipinski definition) is 1. The van der Waals surface area contributed by atoms with E-state index in [0.717, 1.165) is 4.90 Å². The van der Waals surface area contributed by atoms with Gasteiger partial charge in [0.1, 0.15) is 17.1 Å². The zero-order valence-corrected chi connectivity index (χ0v) is 14.9. The molecule has 2 aromatic rings. The van der Waals surface area contributed by atoms with Crippen molar-refractivity contribution in [2.45, 2.75) is 0 Å². The highest BCUT2D eigenvalue weighted by Crippen LogP contribution is 2.25. The Bertz CT molecular complexity index is 1000. The zero-order valence-electron chi connectivity index (χ0n) is 14.9. The van der Waals surface area contributed by atoms with Crippen molar-refractivity contribution >= 4 is 29.9 Å². The monoisotopic (exact) mass is 380 g/mol. The molecule has 2 heterocycles. The van der Waals surface area contributed by atoms with Gasteiger partial charge in [-0.1, -0.05) is 18.2 Å². The van der Waals surface area contributed by atoms with Gasteiger partial charge in [0.2, 0.25) is 0 Å². The van der Waals surface area contributed by atoms with Gasteiger partial charge < -0.3 is 9.15 Å². The van der Waals surface area contributed by atoms with Crippen LogP contribution in [0.5, 0.6) is 0 Å². The van der Waals surface area contributed by atoms with Gasteiger partial charge >= 0.3 is 12.0 Å². The van der Waals surface area contributed by atoms with Crippen molar-refractivity contribution in [1.82, 2.24) is 10.2 Å². The summed E-state index contributed by atoms with van der Waals surface area (Å²) < 4.78 is 10.3. The summed E-state index contributed by atoms with van der Waals surface area (Å²) in [6.07, 6.45) is 2.65. The molecule has 28 heavy (non-hydrogen) atoms. The summed E-state index contributed by atoms with van der Waals surface area (Å²) in [7, 11) is 1.30. The molecule has 8 heteroatoms. The maximum absolute atomic E-state index is 12.4. The third-order valence-corrected chi connectivity index (χ3v) is 4.00. The maximum atomic E-state index is 12.4. The molecular weight excluding hydrogens is 364 g/mol. The van der Waals surface area contributed by atoms with Gasteiger partial charge in [-0.2, -0.15) is 0 Å². The van der Waals surface area contributed by atoms with Crippen LogP contribution in [0.15, 0.2) is 59.0 Å². The molecule has 0 aliphatic carbocycles. The molecule has 142 valence electrons. The van der Waals surface area contributed by atoms with Crippen molar-refractivity contribution in [2.75, 3.05) is 13.7 Å². The van der Waals surface area contributed by atoms with E-state index in [1.54, 1.807) is 36.4 Å². The number of methoxy groups -OCH3 is 1. The van der Waals surface area contributed by atoms with Gasteiger partial charge in [-0.15, -0.1) is 6.58 Å². The molecule has 1 aliphatic heterocycles. The first-order chi connectivity index (χ1) is 13.4. The van der Waals surface area contributed by atoms with Crippen LogP contribution in [-0.2, 0) is 14.3 Å². The third kappa shape index (κ3) is 3.61. The van der Waals surface area contributed by atoms with E-state index in [4.69, 9.17) is 4.42 Å². The Labute approximate surface area is 160 Å². The number of urea groups is 1. The lowest BCUT2D eigenvalue weighted by atomic mass is 10.1. The van der Waals surface area contributed by atoms with E-state index < -0.39 is 23.8 Å². The number of hydrogen-bond acceptors (Lipinski definition) is 6.